The molecular formula is C11H22N2O3S. The summed E-state index contributed by atoms with van der Waals surface area (Å²) in [5, 5.41) is 2.81. The lowest BCUT2D eigenvalue weighted by molar-refractivity contribution is -0.121. The summed E-state index contributed by atoms with van der Waals surface area (Å²) in [7, 11) is -3.14. The van der Waals surface area contributed by atoms with Crippen molar-refractivity contribution in [1.82, 2.24) is 9.62 Å². The number of hydrogen-bond donors (Lipinski definition) is 1. The van der Waals surface area contributed by atoms with Gasteiger partial charge in [0.15, 0.2) is 0 Å². The number of nitrogens with one attached hydrogen (secondary N) is 1. The Hall–Kier alpha value is -0.620. The third kappa shape index (κ3) is 4.63. The monoisotopic (exact) mass is 262 g/mol. The van der Waals surface area contributed by atoms with Gasteiger partial charge in [-0.1, -0.05) is 13.8 Å². The molecule has 1 aliphatic rings. The van der Waals surface area contributed by atoms with Crippen LogP contribution in [0.1, 0.15) is 33.1 Å². The van der Waals surface area contributed by atoms with Crippen LogP contribution in [0.5, 0.6) is 0 Å². The summed E-state index contributed by atoms with van der Waals surface area (Å²) in [5.41, 5.74) is 0. The molecule has 0 radical (unpaired) electrons. The van der Waals surface area contributed by atoms with Gasteiger partial charge in [0, 0.05) is 25.6 Å². The first-order valence-electron chi connectivity index (χ1n) is 6.04. The minimum absolute atomic E-state index is 0.000325. The molecule has 17 heavy (non-hydrogen) atoms. The number of amides is 1. The number of carbonyl (C=O) groups is 1. The average Bonchev–Trinajstić information content (AvgIpc) is 2.60. The van der Waals surface area contributed by atoms with Crippen LogP contribution in [0.25, 0.3) is 0 Å². The van der Waals surface area contributed by atoms with E-state index in [1.807, 2.05) is 13.8 Å². The molecule has 1 heterocycles. The van der Waals surface area contributed by atoms with E-state index in [2.05, 4.69) is 5.32 Å². The summed E-state index contributed by atoms with van der Waals surface area (Å²) in [5.74, 6) is 0.324. The maximum absolute atomic E-state index is 11.5. The molecule has 1 saturated heterocycles. The number of nitrogens with zero attached hydrogens (tertiary/aromatic N) is 1. The van der Waals surface area contributed by atoms with Crippen LogP contribution < -0.4 is 5.32 Å². The maximum Gasteiger partial charge on any atom is 0.220 e. The van der Waals surface area contributed by atoms with Crippen molar-refractivity contribution in [3.8, 4) is 0 Å². The van der Waals surface area contributed by atoms with Crippen molar-refractivity contribution in [2.75, 3.05) is 19.3 Å². The third-order valence-corrected chi connectivity index (χ3v) is 4.21. The highest BCUT2D eigenvalue weighted by Gasteiger charge is 2.31. The van der Waals surface area contributed by atoms with Gasteiger partial charge >= 0.3 is 0 Å². The topological polar surface area (TPSA) is 66.5 Å². The second-order valence-corrected chi connectivity index (χ2v) is 7.01. The molecule has 6 heteroatoms. The van der Waals surface area contributed by atoms with E-state index < -0.39 is 10.0 Å². The average molecular weight is 262 g/mol. The molecular weight excluding hydrogens is 240 g/mol. The molecule has 0 aromatic heterocycles. The summed E-state index contributed by atoms with van der Waals surface area (Å²) >= 11 is 0. The van der Waals surface area contributed by atoms with Crippen LogP contribution in [0.4, 0.5) is 0 Å². The van der Waals surface area contributed by atoms with Gasteiger partial charge in [-0.3, -0.25) is 4.79 Å². The van der Waals surface area contributed by atoms with Gasteiger partial charge in [-0.2, -0.15) is 4.31 Å². The molecule has 5 nitrogen and oxygen atoms in total. The summed E-state index contributed by atoms with van der Waals surface area (Å²) < 4.78 is 24.4. The maximum atomic E-state index is 11.5. The molecule has 0 aliphatic carbocycles. The second kappa shape index (κ2) is 5.82. The largest absolute Gasteiger partial charge is 0.354 e. The van der Waals surface area contributed by atoms with Crippen LogP contribution in [0.3, 0.4) is 0 Å². The molecule has 1 rings (SSSR count). The van der Waals surface area contributed by atoms with E-state index in [0.29, 0.717) is 25.4 Å². The van der Waals surface area contributed by atoms with Gasteiger partial charge in [-0.05, 0) is 18.8 Å². The van der Waals surface area contributed by atoms with Gasteiger partial charge in [0.05, 0.1) is 6.26 Å². The molecule has 0 bridgehead atoms. The Kier molecular flexibility index (Phi) is 4.94. The van der Waals surface area contributed by atoms with Crippen LogP contribution in [0.2, 0.25) is 0 Å². The van der Waals surface area contributed by atoms with Crippen LogP contribution in [-0.2, 0) is 14.8 Å². The van der Waals surface area contributed by atoms with Crippen molar-refractivity contribution >= 4 is 15.9 Å². The van der Waals surface area contributed by atoms with Gasteiger partial charge in [0.25, 0.3) is 0 Å². The Morgan fingerprint density at radius 3 is 2.65 bits per heavy atom. The minimum Gasteiger partial charge on any atom is -0.354 e. The number of hydrogen-bond acceptors (Lipinski definition) is 3. The first-order chi connectivity index (χ1) is 7.80. The molecule has 0 aromatic rings. The van der Waals surface area contributed by atoms with Crippen molar-refractivity contribution in [2.45, 2.75) is 39.2 Å². The van der Waals surface area contributed by atoms with Gasteiger partial charge in [-0.25, -0.2) is 8.42 Å². The zero-order valence-electron chi connectivity index (χ0n) is 10.8. The SMILES string of the molecule is CC(C)CC(=O)NCC1CCCN1S(C)(=O)=O. The highest BCUT2D eigenvalue weighted by atomic mass is 32.2. The molecule has 1 atom stereocenters. The predicted octanol–water partition coefficient (Wildman–Crippen LogP) is 0.573. The molecule has 1 aliphatic heterocycles. The summed E-state index contributed by atoms with van der Waals surface area (Å²) in [6.07, 6.45) is 3.42. The quantitative estimate of drug-likeness (QED) is 0.788. The van der Waals surface area contributed by atoms with Crippen LogP contribution in [-0.4, -0.2) is 44.0 Å². The molecule has 1 unspecified atom stereocenters. The smallest absolute Gasteiger partial charge is 0.220 e. The minimum atomic E-state index is -3.14. The van der Waals surface area contributed by atoms with Gasteiger partial charge in [0.2, 0.25) is 15.9 Å². The molecule has 1 amide bonds. The fourth-order valence-electron chi connectivity index (χ4n) is 2.12. The van der Waals surface area contributed by atoms with E-state index in [4.69, 9.17) is 0 Å². The number of rotatable bonds is 5. The Bertz CT molecular complexity index is 365. The second-order valence-electron chi connectivity index (χ2n) is 5.07. The van der Waals surface area contributed by atoms with Crippen LogP contribution >= 0.6 is 0 Å². The van der Waals surface area contributed by atoms with E-state index in [9.17, 15) is 13.2 Å². The van der Waals surface area contributed by atoms with Crippen molar-refractivity contribution in [2.24, 2.45) is 5.92 Å². The van der Waals surface area contributed by atoms with Gasteiger partial charge < -0.3 is 5.32 Å². The number of sulfonamides is 1. The van der Waals surface area contributed by atoms with E-state index in [0.717, 1.165) is 12.8 Å². The lowest BCUT2D eigenvalue weighted by Gasteiger charge is -2.22. The van der Waals surface area contributed by atoms with E-state index in [1.54, 1.807) is 0 Å². The molecule has 0 saturated carbocycles. The third-order valence-electron chi connectivity index (χ3n) is 2.88. The first-order valence-corrected chi connectivity index (χ1v) is 7.89. The van der Waals surface area contributed by atoms with Crippen molar-refractivity contribution in [3.05, 3.63) is 0 Å². The fraction of sp³-hybridized carbons (Fsp3) is 0.909. The lowest BCUT2D eigenvalue weighted by Crippen LogP contribution is -2.42. The first kappa shape index (κ1) is 14.4. The van der Waals surface area contributed by atoms with Crippen LogP contribution in [0.15, 0.2) is 0 Å². The highest BCUT2D eigenvalue weighted by Crippen LogP contribution is 2.19. The van der Waals surface area contributed by atoms with Gasteiger partial charge in [0.1, 0.15) is 0 Å². The van der Waals surface area contributed by atoms with E-state index in [1.165, 1.54) is 10.6 Å². The predicted molar refractivity (Wildman–Crippen MR) is 67.0 cm³/mol. The Balaban J connectivity index is 2.44. The standard InChI is InChI=1S/C11H22N2O3S/c1-9(2)7-11(14)12-8-10-5-4-6-13(10)17(3,15)16/h9-10H,4-8H2,1-3H3,(H,12,14). The van der Waals surface area contributed by atoms with Crippen molar-refractivity contribution in [3.63, 3.8) is 0 Å². The van der Waals surface area contributed by atoms with E-state index >= 15 is 0 Å². The van der Waals surface area contributed by atoms with Gasteiger partial charge in [-0.15, -0.1) is 0 Å². The molecule has 1 N–H and O–H groups in total. The summed E-state index contributed by atoms with van der Waals surface area (Å²) in [6, 6.07) is -0.0684. The van der Waals surface area contributed by atoms with E-state index in [-0.39, 0.29) is 11.9 Å². The normalized spacial score (nSPS) is 22.0. The lowest BCUT2D eigenvalue weighted by atomic mass is 10.1. The van der Waals surface area contributed by atoms with Crippen LogP contribution in [0, 0.1) is 5.92 Å². The highest BCUT2D eigenvalue weighted by molar-refractivity contribution is 7.88. The zero-order chi connectivity index (χ0) is 13.1. The molecule has 0 spiro atoms. The van der Waals surface area contributed by atoms with Crippen molar-refractivity contribution in [1.29, 1.82) is 0 Å². The Morgan fingerprint density at radius 2 is 2.12 bits per heavy atom. The number of carbonyl (C=O) groups excluding carboxylic acids is 1. The Labute approximate surface area is 104 Å². The Morgan fingerprint density at radius 1 is 1.47 bits per heavy atom. The molecule has 1 fully saturated rings. The van der Waals surface area contributed by atoms with Crippen molar-refractivity contribution < 1.29 is 13.2 Å². The summed E-state index contributed by atoms with van der Waals surface area (Å²) in [4.78, 5) is 11.5. The molecule has 0 aromatic carbocycles. The fourth-order valence-corrected chi connectivity index (χ4v) is 3.31. The molecule has 100 valence electrons. The zero-order valence-corrected chi connectivity index (χ0v) is 11.6. The summed E-state index contributed by atoms with van der Waals surface area (Å²) in [6.45, 7) is 4.97.